The second kappa shape index (κ2) is 21.0. The predicted molar refractivity (Wildman–Crippen MR) is 361 cm³/mol. The summed E-state index contributed by atoms with van der Waals surface area (Å²) < 4.78 is 0. The standard InChI is InChI=1S/C74H38N20/c1-5-39(57-31-79-67-49(87-57)15-13-47-65(67)77-25-23-75-47)27-41(7-1)59-33-81-69-51(89-59)17-19-53-71(69)83-35-61(91-53)43-9-3-11-45(29-43)63-37-85-73-55(93-63)21-22-56-74(73)86-38-64(94-56)46-12-4-10-44(30-46)62-36-84-72-54(92-62)20-18-52-70(72)82-34-60(90-52)42-8-2-6-40(28-42)58-32-80-68-50(88-58)16-14-48-66(68)78-26-24-76-48/h1-38H. The zero-order valence-electron chi connectivity index (χ0n) is 48.9. The molecule has 20 heteroatoms. The molecule has 19 rings (SSSR count). The van der Waals surface area contributed by atoms with Crippen molar-refractivity contribution in [3.63, 3.8) is 0 Å². The maximum Gasteiger partial charge on any atom is 0.117 e. The Labute approximate surface area is 529 Å². The van der Waals surface area contributed by atoms with Crippen LogP contribution in [0.4, 0.5) is 0 Å². The van der Waals surface area contributed by atoms with Crippen LogP contribution in [0.3, 0.4) is 0 Å². The molecule has 0 aliphatic heterocycles. The van der Waals surface area contributed by atoms with Gasteiger partial charge in [0.2, 0.25) is 0 Å². The van der Waals surface area contributed by atoms with Gasteiger partial charge in [0.15, 0.2) is 0 Å². The van der Waals surface area contributed by atoms with E-state index in [9.17, 15) is 0 Å². The highest BCUT2D eigenvalue weighted by Gasteiger charge is 2.18. The number of fused-ring (bicyclic) bond motifs is 15. The summed E-state index contributed by atoms with van der Waals surface area (Å²) in [4.78, 5) is 96.8. The Morgan fingerprint density at radius 3 is 0.500 bits per heavy atom. The van der Waals surface area contributed by atoms with Gasteiger partial charge in [-0.3, -0.25) is 19.9 Å². The molecular weight excluding hydrogens is 1170 g/mol. The molecular formula is C74H38N20. The normalized spacial score (nSPS) is 11.8. The summed E-state index contributed by atoms with van der Waals surface area (Å²) in [6.07, 6.45) is 20.9. The van der Waals surface area contributed by atoms with E-state index in [1.165, 1.54) is 0 Å². The molecule has 0 aliphatic rings. The Balaban J connectivity index is 0.551. The van der Waals surface area contributed by atoms with Crippen molar-refractivity contribution in [1.29, 1.82) is 0 Å². The van der Waals surface area contributed by atoms with Gasteiger partial charge in [0, 0.05) is 69.3 Å². The van der Waals surface area contributed by atoms with Gasteiger partial charge in [-0.1, -0.05) is 72.8 Å². The molecule has 0 amide bonds. The Morgan fingerprint density at radius 1 is 0.149 bits per heavy atom. The van der Waals surface area contributed by atoms with Gasteiger partial charge in [0.05, 0.1) is 150 Å². The zero-order valence-corrected chi connectivity index (χ0v) is 48.9. The molecule has 19 aromatic rings. The Morgan fingerprint density at radius 2 is 0.309 bits per heavy atom. The fraction of sp³-hybridized carbons (Fsp3) is 0. The minimum absolute atomic E-state index is 0.648. The lowest BCUT2D eigenvalue weighted by Crippen LogP contribution is -1.96. The molecule has 434 valence electrons. The molecule has 0 unspecified atom stereocenters. The van der Waals surface area contributed by atoms with Gasteiger partial charge in [-0.25, -0.2) is 79.7 Å². The number of rotatable bonds is 8. The van der Waals surface area contributed by atoms with Crippen LogP contribution in [0.15, 0.2) is 232 Å². The summed E-state index contributed by atoms with van der Waals surface area (Å²) in [5.74, 6) is 0. The first-order chi connectivity index (χ1) is 46.5. The number of nitrogens with zero attached hydrogens (tertiary/aromatic N) is 20. The first-order valence-corrected chi connectivity index (χ1v) is 29.9. The molecule has 94 heavy (non-hydrogen) atoms. The monoisotopic (exact) mass is 1210 g/mol. The molecule has 0 fully saturated rings. The summed E-state index contributed by atoms with van der Waals surface area (Å²) in [5, 5.41) is 0. The molecule has 0 N–H and O–H groups in total. The Kier molecular flexibility index (Phi) is 11.7. The summed E-state index contributed by atoms with van der Waals surface area (Å²) in [7, 11) is 0. The van der Waals surface area contributed by atoms with Gasteiger partial charge >= 0.3 is 0 Å². The number of aromatic nitrogens is 20. The molecule has 0 saturated carbocycles. The highest BCUT2D eigenvalue weighted by molar-refractivity contribution is 6.04. The molecule has 0 atom stereocenters. The minimum atomic E-state index is 0.648. The lowest BCUT2D eigenvalue weighted by Gasteiger charge is -2.10. The van der Waals surface area contributed by atoms with Crippen molar-refractivity contribution in [2.24, 2.45) is 0 Å². The van der Waals surface area contributed by atoms with Crippen LogP contribution >= 0.6 is 0 Å². The zero-order chi connectivity index (χ0) is 61.8. The van der Waals surface area contributed by atoms with Crippen molar-refractivity contribution in [1.82, 2.24) is 99.7 Å². The van der Waals surface area contributed by atoms with E-state index in [0.717, 1.165) is 89.0 Å². The summed E-state index contributed by atoms with van der Waals surface area (Å²) in [5.41, 5.74) is 26.8. The number of hydrogen-bond acceptors (Lipinski definition) is 20. The quantitative estimate of drug-likeness (QED) is 0.128. The fourth-order valence-corrected chi connectivity index (χ4v) is 12.2. The first kappa shape index (κ1) is 52.3. The van der Waals surface area contributed by atoms with Crippen LogP contribution < -0.4 is 0 Å². The highest BCUT2D eigenvalue weighted by Crippen LogP contribution is 2.35. The van der Waals surface area contributed by atoms with E-state index in [1.54, 1.807) is 74.4 Å². The summed E-state index contributed by atoms with van der Waals surface area (Å²) in [6.45, 7) is 0. The van der Waals surface area contributed by atoms with Gasteiger partial charge in [-0.2, -0.15) is 0 Å². The second-order valence-electron chi connectivity index (χ2n) is 22.5. The van der Waals surface area contributed by atoms with Crippen molar-refractivity contribution in [2.75, 3.05) is 0 Å². The average Bonchev–Trinajstić information content (AvgIpc) is 0.925. The molecule has 20 nitrogen and oxygen atoms in total. The molecule has 0 saturated heterocycles. The van der Waals surface area contributed by atoms with Crippen LogP contribution in [0.1, 0.15) is 0 Å². The molecule has 10 aromatic heterocycles. The third-order valence-corrected chi connectivity index (χ3v) is 16.8. The second-order valence-corrected chi connectivity index (χ2v) is 22.5. The van der Waals surface area contributed by atoms with Gasteiger partial charge in [-0.05, 0) is 84.9 Å². The van der Waals surface area contributed by atoms with E-state index in [-0.39, 0.29) is 0 Å². The van der Waals surface area contributed by atoms with Crippen LogP contribution in [-0.4, -0.2) is 99.7 Å². The fourth-order valence-electron chi connectivity index (χ4n) is 12.2. The van der Waals surface area contributed by atoms with Gasteiger partial charge in [-0.15, -0.1) is 0 Å². The van der Waals surface area contributed by atoms with Crippen LogP contribution in [0, 0.1) is 0 Å². The maximum absolute atomic E-state index is 5.07. The van der Waals surface area contributed by atoms with E-state index in [4.69, 9.17) is 79.7 Å². The Bertz CT molecular complexity index is 6040. The van der Waals surface area contributed by atoms with Gasteiger partial charge in [0.1, 0.15) is 55.2 Å². The van der Waals surface area contributed by atoms with E-state index in [0.29, 0.717) is 111 Å². The van der Waals surface area contributed by atoms with E-state index >= 15 is 0 Å². The van der Waals surface area contributed by atoms with Crippen LogP contribution in [-0.2, 0) is 0 Å². The smallest absolute Gasteiger partial charge is 0.117 e. The minimum Gasteiger partial charge on any atom is -0.253 e. The number of hydrogen-bond donors (Lipinski definition) is 0. The topological polar surface area (TPSA) is 258 Å². The summed E-state index contributed by atoms with van der Waals surface area (Å²) in [6, 6.07) is 51.5. The average molecular weight is 1210 g/mol. The Hall–Kier alpha value is -13.6. The molecule has 0 radical (unpaired) electrons. The van der Waals surface area contributed by atoms with Crippen molar-refractivity contribution in [2.45, 2.75) is 0 Å². The van der Waals surface area contributed by atoms with Crippen molar-refractivity contribution < 1.29 is 0 Å². The van der Waals surface area contributed by atoms with Crippen molar-refractivity contribution in [3.05, 3.63) is 232 Å². The third-order valence-electron chi connectivity index (χ3n) is 16.8. The molecule has 0 aliphatic carbocycles. The first-order valence-electron chi connectivity index (χ1n) is 29.9. The largest absolute Gasteiger partial charge is 0.253 e. The van der Waals surface area contributed by atoms with Crippen LogP contribution in [0.25, 0.3) is 200 Å². The summed E-state index contributed by atoms with van der Waals surface area (Å²) >= 11 is 0. The SMILES string of the molecule is c1cc(-c2cnc3c(ccc4nccnc43)n2)cc(-c2cnc3c(ccc4nc(-c5cccc(-c6cnc7c(ccc8nc(-c9cccc(-c%10cnc%11c(ccc%12nc(-c%13cccc(-c%14cnc%15c(ccc%16nccnc%16%15)n%14)c%13)cnc%12%11)n%10)c9)cnc87)n6)c5)cnc43)n2)c1. The molecule has 0 bridgehead atoms. The molecule has 0 spiro atoms. The highest BCUT2D eigenvalue weighted by atomic mass is 14.9. The van der Waals surface area contributed by atoms with Crippen molar-refractivity contribution >= 4 is 110 Å². The third kappa shape index (κ3) is 8.92. The molecule has 10 heterocycles. The van der Waals surface area contributed by atoms with Crippen LogP contribution in [0.5, 0.6) is 0 Å². The molecule has 9 aromatic carbocycles. The number of benzene rings is 9. The van der Waals surface area contributed by atoms with Crippen LogP contribution in [0.2, 0.25) is 0 Å². The van der Waals surface area contributed by atoms with Gasteiger partial charge < -0.3 is 0 Å². The maximum atomic E-state index is 5.07. The lowest BCUT2D eigenvalue weighted by atomic mass is 10.1. The lowest BCUT2D eigenvalue weighted by molar-refractivity contribution is 1.25. The predicted octanol–water partition coefficient (Wildman–Crippen LogP) is 14.5. The van der Waals surface area contributed by atoms with E-state index in [1.807, 2.05) is 158 Å². The van der Waals surface area contributed by atoms with Gasteiger partial charge in [0.25, 0.3) is 0 Å². The van der Waals surface area contributed by atoms with E-state index in [2.05, 4.69) is 19.9 Å². The van der Waals surface area contributed by atoms with Crippen molar-refractivity contribution in [3.8, 4) is 90.1 Å². The van der Waals surface area contributed by atoms with E-state index < -0.39 is 0 Å².